The standard InChI is InChI=1S/C7H12O2/c1-2-3-4-5-6-7(8)9/h6H,1-5H2,(H,8,9). The van der Waals surface area contributed by atoms with E-state index in [2.05, 4.69) is 6.92 Å². The SMILES string of the molecule is [CH2]CCCC[CH]C(=O)O. The Hall–Kier alpha value is -0.530. The van der Waals surface area contributed by atoms with Crippen molar-refractivity contribution in [1.29, 1.82) is 0 Å². The van der Waals surface area contributed by atoms with E-state index >= 15 is 0 Å². The Kier molecular flexibility index (Phi) is 5.27. The lowest BCUT2D eigenvalue weighted by atomic mass is 10.2. The molecule has 2 heteroatoms. The second-order valence-corrected chi connectivity index (χ2v) is 1.89. The Morgan fingerprint density at radius 1 is 1.56 bits per heavy atom. The summed E-state index contributed by atoms with van der Waals surface area (Å²) >= 11 is 0. The molecule has 0 aromatic heterocycles. The molecule has 0 bridgehead atoms. The van der Waals surface area contributed by atoms with E-state index in [0.29, 0.717) is 6.42 Å². The minimum atomic E-state index is -0.820. The van der Waals surface area contributed by atoms with E-state index < -0.39 is 5.97 Å². The van der Waals surface area contributed by atoms with Gasteiger partial charge >= 0.3 is 5.97 Å². The van der Waals surface area contributed by atoms with Crippen LogP contribution in [0.4, 0.5) is 0 Å². The monoisotopic (exact) mass is 128 g/mol. The van der Waals surface area contributed by atoms with Crippen molar-refractivity contribution in [2.45, 2.75) is 25.7 Å². The van der Waals surface area contributed by atoms with Crippen LogP contribution in [0.25, 0.3) is 0 Å². The minimum absolute atomic E-state index is 0.671. The third-order valence-corrected chi connectivity index (χ3v) is 1.02. The van der Waals surface area contributed by atoms with E-state index in [9.17, 15) is 4.79 Å². The van der Waals surface area contributed by atoms with Crippen molar-refractivity contribution in [3.05, 3.63) is 13.3 Å². The molecular weight excluding hydrogens is 116 g/mol. The fourth-order valence-electron chi connectivity index (χ4n) is 0.547. The van der Waals surface area contributed by atoms with Crippen LogP contribution in [0, 0.1) is 13.3 Å². The summed E-state index contributed by atoms with van der Waals surface area (Å²) in [7, 11) is 0. The summed E-state index contributed by atoms with van der Waals surface area (Å²) in [5, 5.41) is 8.14. The van der Waals surface area contributed by atoms with Gasteiger partial charge in [0.05, 0.1) is 6.42 Å². The average molecular weight is 128 g/mol. The number of hydrogen-bond donors (Lipinski definition) is 1. The first-order valence-corrected chi connectivity index (χ1v) is 3.12. The zero-order chi connectivity index (χ0) is 7.11. The highest BCUT2D eigenvalue weighted by molar-refractivity contribution is 5.76. The van der Waals surface area contributed by atoms with Crippen LogP contribution in [0.2, 0.25) is 0 Å². The molecule has 9 heavy (non-hydrogen) atoms. The molecule has 0 amide bonds. The lowest BCUT2D eigenvalue weighted by Gasteiger charge is -1.92. The van der Waals surface area contributed by atoms with E-state index in [0.717, 1.165) is 19.3 Å². The van der Waals surface area contributed by atoms with Gasteiger partial charge in [-0.15, -0.1) is 0 Å². The smallest absolute Gasteiger partial charge is 0.307 e. The molecule has 52 valence electrons. The average Bonchev–Trinajstić information content (AvgIpc) is 1.80. The first kappa shape index (κ1) is 8.47. The van der Waals surface area contributed by atoms with Crippen LogP contribution in [0.3, 0.4) is 0 Å². The van der Waals surface area contributed by atoms with Crippen LogP contribution in [-0.2, 0) is 4.79 Å². The Bertz CT molecular complexity index is 79.0. The normalized spacial score (nSPS) is 9.44. The van der Waals surface area contributed by atoms with Crippen molar-refractivity contribution in [1.82, 2.24) is 0 Å². The van der Waals surface area contributed by atoms with Gasteiger partial charge in [-0.2, -0.15) is 0 Å². The lowest BCUT2D eigenvalue weighted by Crippen LogP contribution is -1.94. The van der Waals surface area contributed by atoms with Gasteiger partial charge in [0.2, 0.25) is 0 Å². The molecule has 2 radical (unpaired) electrons. The van der Waals surface area contributed by atoms with Gasteiger partial charge in [-0.05, 0) is 6.42 Å². The molecule has 1 N–H and O–H groups in total. The number of aliphatic carboxylic acids is 1. The zero-order valence-electron chi connectivity index (χ0n) is 5.47. The molecule has 0 rings (SSSR count). The Labute approximate surface area is 55.9 Å². The van der Waals surface area contributed by atoms with Gasteiger partial charge in [-0.3, -0.25) is 4.79 Å². The maximum Gasteiger partial charge on any atom is 0.307 e. The Morgan fingerprint density at radius 2 is 2.22 bits per heavy atom. The topological polar surface area (TPSA) is 37.3 Å². The van der Waals surface area contributed by atoms with E-state index in [1.807, 2.05) is 0 Å². The van der Waals surface area contributed by atoms with E-state index in [4.69, 9.17) is 5.11 Å². The molecule has 0 saturated carbocycles. The molecule has 0 aromatic rings. The Balaban J connectivity index is 2.83. The maximum atomic E-state index is 9.89. The van der Waals surface area contributed by atoms with E-state index in [1.54, 1.807) is 0 Å². The molecule has 0 aliphatic carbocycles. The van der Waals surface area contributed by atoms with Gasteiger partial charge in [0.25, 0.3) is 0 Å². The van der Waals surface area contributed by atoms with Crippen molar-refractivity contribution < 1.29 is 9.90 Å². The third kappa shape index (κ3) is 7.47. The largest absolute Gasteiger partial charge is 0.481 e. The summed E-state index contributed by atoms with van der Waals surface area (Å²) < 4.78 is 0. The van der Waals surface area contributed by atoms with Crippen molar-refractivity contribution >= 4 is 5.97 Å². The number of hydrogen-bond acceptors (Lipinski definition) is 1. The predicted molar refractivity (Wildman–Crippen MR) is 35.8 cm³/mol. The molecule has 0 saturated heterocycles. The van der Waals surface area contributed by atoms with Gasteiger partial charge in [-0.1, -0.05) is 26.2 Å². The first-order chi connectivity index (χ1) is 4.27. The van der Waals surface area contributed by atoms with Crippen LogP contribution >= 0.6 is 0 Å². The predicted octanol–water partition coefficient (Wildman–Crippen LogP) is 1.67. The van der Waals surface area contributed by atoms with E-state index in [-0.39, 0.29) is 0 Å². The van der Waals surface area contributed by atoms with Crippen LogP contribution in [0.5, 0.6) is 0 Å². The number of carboxylic acids is 1. The Morgan fingerprint density at radius 3 is 2.67 bits per heavy atom. The third-order valence-electron chi connectivity index (χ3n) is 1.02. The van der Waals surface area contributed by atoms with Crippen LogP contribution < -0.4 is 0 Å². The zero-order valence-corrected chi connectivity index (χ0v) is 5.47. The number of rotatable bonds is 5. The summed E-state index contributed by atoms with van der Waals surface area (Å²) in [6, 6.07) is 0. The van der Waals surface area contributed by atoms with E-state index in [1.165, 1.54) is 6.42 Å². The second kappa shape index (κ2) is 5.60. The molecule has 0 spiro atoms. The maximum absolute atomic E-state index is 9.89. The van der Waals surface area contributed by atoms with Gasteiger partial charge in [0, 0.05) is 0 Å². The molecule has 2 nitrogen and oxygen atoms in total. The summed E-state index contributed by atoms with van der Waals surface area (Å²) in [5.74, 6) is -0.820. The van der Waals surface area contributed by atoms with Gasteiger partial charge in [0.1, 0.15) is 0 Å². The summed E-state index contributed by atoms with van der Waals surface area (Å²) in [4.78, 5) is 9.89. The first-order valence-electron chi connectivity index (χ1n) is 3.12. The minimum Gasteiger partial charge on any atom is -0.481 e. The summed E-state index contributed by atoms with van der Waals surface area (Å²) in [5.41, 5.74) is 0. The number of carbonyl (C=O) groups is 1. The molecule has 0 atom stereocenters. The highest BCUT2D eigenvalue weighted by Crippen LogP contribution is 2.00. The van der Waals surface area contributed by atoms with Crippen molar-refractivity contribution in [3.8, 4) is 0 Å². The fourth-order valence-corrected chi connectivity index (χ4v) is 0.547. The highest BCUT2D eigenvalue weighted by atomic mass is 16.4. The van der Waals surface area contributed by atoms with Gasteiger partial charge in [-0.25, -0.2) is 0 Å². The van der Waals surface area contributed by atoms with Crippen LogP contribution in [0.15, 0.2) is 0 Å². The lowest BCUT2D eigenvalue weighted by molar-refractivity contribution is -0.133. The molecule has 0 aliphatic rings. The van der Waals surface area contributed by atoms with Gasteiger partial charge < -0.3 is 5.11 Å². The fraction of sp³-hybridized carbons (Fsp3) is 0.571. The molecule has 0 heterocycles. The number of carboxylic acid groups (broad SMARTS) is 1. The summed E-state index contributed by atoms with van der Waals surface area (Å²) in [6.45, 7) is 3.64. The quantitative estimate of drug-likeness (QED) is 0.572. The van der Waals surface area contributed by atoms with Crippen molar-refractivity contribution in [2.75, 3.05) is 0 Å². The summed E-state index contributed by atoms with van der Waals surface area (Å²) in [6.07, 6.45) is 4.81. The second-order valence-electron chi connectivity index (χ2n) is 1.89. The molecule has 0 aromatic carbocycles. The molecule has 0 fully saturated rings. The number of unbranched alkanes of at least 4 members (excludes halogenated alkanes) is 3. The van der Waals surface area contributed by atoms with Gasteiger partial charge in [0.15, 0.2) is 0 Å². The molecule has 0 aliphatic heterocycles. The van der Waals surface area contributed by atoms with Crippen LogP contribution in [0.1, 0.15) is 25.7 Å². The van der Waals surface area contributed by atoms with Crippen molar-refractivity contribution in [2.24, 2.45) is 0 Å². The van der Waals surface area contributed by atoms with Crippen molar-refractivity contribution in [3.63, 3.8) is 0 Å². The van der Waals surface area contributed by atoms with Crippen LogP contribution in [-0.4, -0.2) is 11.1 Å². The molecular formula is C7H12O2. The molecule has 0 unspecified atom stereocenters. The highest BCUT2D eigenvalue weighted by Gasteiger charge is 1.94.